The van der Waals surface area contributed by atoms with Crippen LogP contribution >= 0.6 is 22.9 Å². The van der Waals surface area contributed by atoms with Gasteiger partial charge in [0.25, 0.3) is 5.91 Å². The molecule has 0 radical (unpaired) electrons. The summed E-state index contributed by atoms with van der Waals surface area (Å²) in [6, 6.07) is 3.70. The number of carbonyl (C=O) groups is 1. The normalized spacial score (nSPS) is 38.7. The molecule has 6 rings (SSSR count). The molecule has 5 fully saturated rings. The van der Waals surface area contributed by atoms with E-state index in [2.05, 4.69) is 0 Å². The molecule has 0 spiro atoms. The summed E-state index contributed by atoms with van der Waals surface area (Å²) in [4.78, 5) is 17.3. The first-order chi connectivity index (χ1) is 11.6. The zero-order valence-electron chi connectivity index (χ0n) is 14.1. The van der Waals surface area contributed by atoms with Gasteiger partial charge in [-0.2, -0.15) is 0 Å². The van der Waals surface area contributed by atoms with Crippen molar-refractivity contribution >= 4 is 28.8 Å². The Morgan fingerprint density at radius 2 is 1.67 bits per heavy atom. The highest BCUT2D eigenvalue weighted by atomic mass is 35.5. The van der Waals surface area contributed by atoms with Crippen LogP contribution in [0.2, 0.25) is 4.34 Å². The van der Waals surface area contributed by atoms with Crippen molar-refractivity contribution in [2.24, 2.45) is 17.8 Å². The summed E-state index contributed by atoms with van der Waals surface area (Å²) in [7, 11) is 0. The molecular weight excluding hydrogens is 340 g/mol. The minimum atomic E-state index is 0.177. The van der Waals surface area contributed by atoms with Gasteiger partial charge in [-0.1, -0.05) is 11.6 Å². The van der Waals surface area contributed by atoms with E-state index in [1.165, 1.54) is 49.9 Å². The number of nitrogens with one attached hydrogen (secondary N) is 1. The van der Waals surface area contributed by atoms with Crippen LogP contribution < -0.4 is 4.90 Å². The molecule has 1 aliphatic heterocycles. The van der Waals surface area contributed by atoms with Crippen LogP contribution in [0.4, 0.5) is 0 Å². The third-order valence-corrected chi connectivity index (χ3v) is 8.45. The average molecular weight is 366 g/mol. The quantitative estimate of drug-likeness (QED) is 0.856. The summed E-state index contributed by atoms with van der Waals surface area (Å²) in [6.45, 7) is 4.09. The van der Waals surface area contributed by atoms with Crippen LogP contribution in [0.5, 0.6) is 0 Å². The van der Waals surface area contributed by atoms with Gasteiger partial charge in [-0.05, 0) is 49.1 Å². The Kier molecular flexibility index (Phi) is 3.73. The maximum Gasteiger partial charge on any atom is 0.264 e. The van der Waals surface area contributed by atoms with E-state index in [9.17, 15) is 4.79 Å². The van der Waals surface area contributed by atoms with E-state index in [4.69, 9.17) is 11.6 Å². The molecule has 4 bridgehead atoms. The van der Waals surface area contributed by atoms with Gasteiger partial charge in [0.1, 0.15) is 0 Å². The van der Waals surface area contributed by atoms with Gasteiger partial charge >= 0.3 is 0 Å². The Morgan fingerprint density at radius 1 is 1.08 bits per heavy atom. The molecule has 3 nitrogen and oxygen atoms in total. The summed E-state index contributed by atoms with van der Waals surface area (Å²) in [5, 5.41) is 0. The van der Waals surface area contributed by atoms with Crippen LogP contribution in [0.25, 0.3) is 0 Å². The molecule has 0 aromatic carbocycles. The number of carbonyl (C=O) groups excluding carboxylic acids is 1. The second-order valence-electron chi connectivity index (χ2n) is 8.70. The summed E-state index contributed by atoms with van der Waals surface area (Å²) in [5.41, 5.74) is 0.566. The van der Waals surface area contributed by atoms with Crippen molar-refractivity contribution in [3.8, 4) is 0 Å². The topological polar surface area (TPSA) is 24.8 Å². The molecule has 5 heteroatoms. The molecule has 130 valence electrons. The highest BCUT2D eigenvalue weighted by molar-refractivity contribution is 7.17. The number of halogens is 1. The van der Waals surface area contributed by atoms with Crippen LogP contribution in [0.3, 0.4) is 0 Å². The number of amides is 1. The summed E-state index contributed by atoms with van der Waals surface area (Å²) < 4.78 is 0.705. The Balaban J connectivity index is 1.26. The predicted molar refractivity (Wildman–Crippen MR) is 96.8 cm³/mol. The molecule has 24 heavy (non-hydrogen) atoms. The van der Waals surface area contributed by atoms with Crippen molar-refractivity contribution in [3.05, 3.63) is 21.3 Å². The number of quaternary nitrogens is 1. The molecule has 1 saturated heterocycles. The van der Waals surface area contributed by atoms with E-state index < -0.39 is 0 Å². The molecule has 0 unspecified atom stereocenters. The SMILES string of the molecule is O=C(c1ccc(Cl)s1)N1CC[NH+](C23CC4CC(CC(C4)C2)C3)CC1. The van der Waals surface area contributed by atoms with Gasteiger partial charge in [0.2, 0.25) is 0 Å². The molecule has 1 amide bonds. The fourth-order valence-corrected chi connectivity index (χ4v) is 7.65. The van der Waals surface area contributed by atoms with Gasteiger partial charge in [-0.25, -0.2) is 0 Å². The van der Waals surface area contributed by atoms with Crippen LogP contribution in [-0.4, -0.2) is 42.5 Å². The zero-order chi connectivity index (χ0) is 16.3. The smallest absolute Gasteiger partial charge is 0.264 e. The second kappa shape index (κ2) is 5.72. The highest BCUT2D eigenvalue weighted by Gasteiger charge is 2.56. The first-order valence-corrected chi connectivity index (χ1v) is 10.7. The molecule has 1 aromatic rings. The van der Waals surface area contributed by atoms with Gasteiger partial charge < -0.3 is 9.80 Å². The number of nitrogens with zero attached hydrogens (tertiary/aromatic N) is 1. The van der Waals surface area contributed by atoms with Crippen molar-refractivity contribution in [1.82, 2.24) is 4.90 Å². The summed E-state index contributed by atoms with van der Waals surface area (Å²) in [5.74, 6) is 3.21. The third-order valence-electron chi connectivity index (χ3n) is 7.23. The molecule has 5 aliphatic rings. The minimum Gasteiger partial charge on any atom is -0.327 e. The molecule has 0 atom stereocenters. The number of piperazine rings is 1. The zero-order valence-corrected chi connectivity index (χ0v) is 15.7. The predicted octanol–water partition coefficient (Wildman–Crippen LogP) is 2.71. The van der Waals surface area contributed by atoms with Crippen molar-refractivity contribution < 1.29 is 9.69 Å². The fraction of sp³-hybridized carbons (Fsp3) is 0.737. The van der Waals surface area contributed by atoms with E-state index in [1.54, 1.807) is 0 Å². The average Bonchev–Trinajstić information content (AvgIpc) is 3.00. The lowest BCUT2D eigenvalue weighted by atomic mass is 9.52. The Hall–Kier alpha value is -0.580. The van der Waals surface area contributed by atoms with Crippen LogP contribution in [0.1, 0.15) is 48.2 Å². The first kappa shape index (κ1) is 15.7. The lowest BCUT2D eigenvalue weighted by Crippen LogP contribution is -3.23. The third kappa shape index (κ3) is 2.53. The van der Waals surface area contributed by atoms with Gasteiger partial charge in [-0.15, -0.1) is 11.3 Å². The van der Waals surface area contributed by atoms with Gasteiger partial charge in [-0.3, -0.25) is 4.79 Å². The van der Waals surface area contributed by atoms with Gasteiger partial charge in [0.15, 0.2) is 0 Å². The van der Waals surface area contributed by atoms with Crippen molar-refractivity contribution in [2.75, 3.05) is 26.2 Å². The van der Waals surface area contributed by atoms with Gasteiger partial charge in [0, 0.05) is 19.3 Å². The lowest BCUT2D eigenvalue weighted by Gasteiger charge is -2.59. The fourth-order valence-electron chi connectivity index (χ4n) is 6.64. The van der Waals surface area contributed by atoms with Crippen molar-refractivity contribution in [3.63, 3.8) is 0 Å². The molecular formula is C19H26ClN2OS+. The van der Waals surface area contributed by atoms with E-state index in [0.29, 0.717) is 9.88 Å². The number of hydrogen-bond donors (Lipinski definition) is 1. The molecule has 4 aliphatic carbocycles. The van der Waals surface area contributed by atoms with Crippen molar-refractivity contribution in [2.45, 2.75) is 44.1 Å². The Labute approximate surface area is 153 Å². The van der Waals surface area contributed by atoms with Crippen LogP contribution in [0.15, 0.2) is 12.1 Å². The van der Waals surface area contributed by atoms with Gasteiger partial charge in [0.05, 0.1) is 40.9 Å². The minimum absolute atomic E-state index is 0.177. The lowest BCUT2D eigenvalue weighted by molar-refractivity contribution is -0.962. The largest absolute Gasteiger partial charge is 0.327 e. The standard InChI is InChI=1S/C19H25ClN2OS/c20-17-2-1-16(24-17)18(23)21-3-5-22(6-4-21)19-10-13-7-14(11-19)9-15(8-13)12-19/h1-2,13-15H,3-12H2/p+1. The number of thiophene rings is 1. The number of hydrogen-bond acceptors (Lipinski definition) is 2. The Bertz CT molecular complexity index is 614. The van der Waals surface area contributed by atoms with E-state index in [1.807, 2.05) is 21.9 Å². The molecule has 4 saturated carbocycles. The van der Waals surface area contributed by atoms with E-state index >= 15 is 0 Å². The number of rotatable bonds is 2. The second-order valence-corrected chi connectivity index (χ2v) is 10.4. The first-order valence-electron chi connectivity index (χ1n) is 9.51. The molecule has 2 heterocycles. The van der Waals surface area contributed by atoms with Crippen molar-refractivity contribution in [1.29, 1.82) is 0 Å². The van der Waals surface area contributed by atoms with E-state index in [-0.39, 0.29) is 5.91 Å². The Morgan fingerprint density at radius 3 is 2.17 bits per heavy atom. The monoisotopic (exact) mass is 365 g/mol. The maximum atomic E-state index is 12.6. The van der Waals surface area contributed by atoms with Crippen LogP contribution in [0, 0.1) is 17.8 Å². The molecule has 1 aromatic heterocycles. The summed E-state index contributed by atoms with van der Waals surface area (Å²) in [6.07, 6.45) is 8.91. The highest BCUT2D eigenvalue weighted by Crippen LogP contribution is 2.54. The molecule has 1 N–H and O–H groups in total. The maximum absolute atomic E-state index is 12.6. The van der Waals surface area contributed by atoms with Crippen LogP contribution in [-0.2, 0) is 0 Å². The van der Waals surface area contributed by atoms with E-state index in [0.717, 1.165) is 48.8 Å². The summed E-state index contributed by atoms with van der Waals surface area (Å²) >= 11 is 7.39.